The number of aromatic nitrogens is 2. The van der Waals surface area contributed by atoms with E-state index in [1.165, 1.54) is 6.07 Å². The quantitative estimate of drug-likeness (QED) is 0.722. The summed E-state index contributed by atoms with van der Waals surface area (Å²) >= 11 is 1.07. The number of ether oxygens (including phenoxy) is 1. The van der Waals surface area contributed by atoms with Gasteiger partial charge < -0.3 is 14.1 Å². The fourth-order valence-corrected chi connectivity index (χ4v) is 3.11. The van der Waals surface area contributed by atoms with E-state index in [4.69, 9.17) is 9.15 Å². The summed E-state index contributed by atoms with van der Waals surface area (Å²) in [5, 5.41) is 0.465. The van der Waals surface area contributed by atoms with Crippen molar-refractivity contribution in [2.75, 3.05) is 13.1 Å². The molecule has 0 bridgehead atoms. The van der Waals surface area contributed by atoms with Gasteiger partial charge in [-0.2, -0.15) is 4.37 Å². The third-order valence-electron chi connectivity index (χ3n) is 3.91. The summed E-state index contributed by atoms with van der Waals surface area (Å²) in [6.45, 7) is 0.963. The number of carbonyl (C=O) groups excluding carboxylic acids is 1. The van der Waals surface area contributed by atoms with Crippen LogP contribution < -0.4 is 10.2 Å². The number of fused-ring (bicyclic) bond motifs is 1. The molecular weight excluding hydrogens is 330 g/mol. The first-order valence-corrected chi connectivity index (χ1v) is 8.20. The Kier molecular flexibility index (Phi) is 3.73. The van der Waals surface area contributed by atoms with E-state index >= 15 is 0 Å². The molecule has 0 spiro atoms. The monoisotopic (exact) mass is 343 g/mol. The Bertz CT molecular complexity index is 938. The Morgan fingerprint density at radius 3 is 3.08 bits per heavy atom. The van der Waals surface area contributed by atoms with Crippen LogP contribution in [0, 0.1) is 0 Å². The van der Waals surface area contributed by atoms with Crippen molar-refractivity contribution >= 4 is 28.6 Å². The van der Waals surface area contributed by atoms with E-state index in [9.17, 15) is 9.59 Å². The Morgan fingerprint density at radius 1 is 1.38 bits per heavy atom. The number of likely N-dealkylation sites (tertiary alicyclic amines) is 1. The fourth-order valence-electron chi connectivity index (χ4n) is 2.75. The standard InChI is InChI=1S/C16H13N3O4S/c20-12-7-14(23-13-4-2-1-3-11(12)13)16(21)19-6-5-10(9-19)22-15-8-17-24-18-15/h1-4,7-8,10H,5-6,9H2. The van der Waals surface area contributed by atoms with Crippen LogP contribution in [0.15, 0.2) is 45.7 Å². The van der Waals surface area contributed by atoms with E-state index in [-0.39, 0.29) is 23.2 Å². The van der Waals surface area contributed by atoms with Gasteiger partial charge >= 0.3 is 0 Å². The number of hydrogen-bond acceptors (Lipinski definition) is 7. The lowest BCUT2D eigenvalue weighted by Crippen LogP contribution is -2.31. The summed E-state index contributed by atoms with van der Waals surface area (Å²) in [5.74, 6) is 0.214. The number of nitrogens with zero attached hydrogens (tertiary/aromatic N) is 3. The van der Waals surface area contributed by atoms with Gasteiger partial charge in [0.25, 0.3) is 5.91 Å². The van der Waals surface area contributed by atoms with E-state index < -0.39 is 0 Å². The maximum Gasteiger partial charge on any atom is 0.289 e. The molecule has 1 aliphatic heterocycles. The van der Waals surface area contributed by atoms with E-state index in [0.29, 0.717) is 36.4 Å². The molecule has 0 N–H and O–H groups in total. The molecule has 24 heavy (non-hydrogen) atoms. The molecule has 1 amide bonds. The molecule has 0 saturated carbocycles. The highest BCUT2D eigenvalue weighted by molar-refractivity contribution is 6.99. The topological polar surface area (TPSA) is 85.5 Å². The maximum atomic E-state index is 12.6. The van der Waals surface area contributed by atoms with E-state index in [1.807, 2.05) is 0 Å². The zero-order valence-corrected chi connectivity index (χ0v) is 13.4. The van der Waals surface area contributed by atoms with Gasteiger partial charge in [-0.05, 0) is 12.1 Å². The first-order chi connectivity index (χ1) is 11.7. The van der Waals surface area contributed by atoms with Gasteiger partial charge in [0.05, 0.1) is 23.7 Å². The molecule has 3 aromatic rings. The zero-order valence-electron chi connectivity index (χ0n) is 12.5. The minimum atomic E-state index is -0.305. The second-order valence-electron chi connectivity index (χ2n) is 5.50. The predicted molar refractivity (Wildman–Crippen MR) is 87.3 cm³/mol. The summed E-state index contributed by atoms with van der Waals surface area (Å²) in [6, 6.07) is 8.14. The number of para-hydroxylation sites is 1. The number of benzene rings is 1. The van der Waals surface area contributed by atoms with E-state index in [2.05, 4.69) is 8.75 Å². The summed E-state index contributed by atoms with van der Waals surface area (Å²) in [6.07, 6.45) is 2.11. The highest BCUT2D eigenvalue weighted by Gasteiger charge is 2.30. The molecule has 1 unspecified atom stereocenters. The second-order valence-corrected chi connectivity index (χ2v) is 6.05. The molecule has 2 aromatic heterocycles. The smallest absolute Gasteiger partial charge is 0.289 e. The molecule has 1 atom stereocenters. The number of hydrogen-bond donors (Lipinski definition) is 0. The summed E-state index contributed by atoms with van der Waals surface area (Å²) < 4.78 is 19.2. The van der Waals surface area contributed by atoms with Crippen LogP contribution in [0.2, 0.25) is 0 Å². The minimum absolute atomic E-state index is 0.0506. The lowest BCUT2D eigenvalue weighted by atomic mass is 10.2. The van der Waals surface area contributed by atoms with Crippen molar-refractivity contribution in [3.63, 3.8) is 0 Å². The second kappa shape index (κ2) is 6.04. The Balaban J connectivity index is 1.53. The highest BCUT2D eigenvalue weighted by atomic mass is 32.1. The molecule has 8 heteroatoms. The summed E-state index contributed by atoms with van der Waals surface area (Å²) in [5.41, 5.74) is 0.189. The van der Waals surface area contributed by atoms with Crippen LogP contribution in [0.3, 0.4) is 0 Å². The van der Waals surface area contributed by atoms with E-state index in [1.54, 1.807) is 35.4 Å². The summed E-state index contributed by atoms with van der Waals surface area (Å²) in [4.78, 5) is 26.4. The Morgan fingerprint density at radius 2 is 2.25 bits per heavy atom. The van der Waals surface area contributed by atoms with Crippen molar-refractivity contribution in [3.8, 4) is 5.88 Å². The number of amides is 1. The average Bonchev–Trinajstić information content (AvgIpc) is 3.26. The van der Waals surface area contributed by atoms with Gasteiger partial charge in [0.1, 0.15) is 17.9 Å². The van der Waals surface area contributed by atoms with Crippen LogP contribution in [0.4, 0.5) is 0 Å². The van der Waals surface area contributed by atoms with Crippen LogP contribution in [0.1, 0.15) is 17.0 Å². The number of carbonyl (C=O) groups is 1. The van der Waals surface area contributed by atoms with Gasteiger partial charge in [0.15, 0.2) is 11.2 Å². The Labute approximate surface area is 140 Å². The van der Waals surface area contributed by atoms with Crippen LogP contribution in [-0.4, -0.2) is 38.7 Å². The molecule has 122 valence electrons. The van der Waals surface area contributed by atoms with Crippen molar-refractivity contribution in [1.29, 1.82) is 0 Å². The number of rotatable bonds is 3. The molecule has 1 aliphatic rings. The highest BCUT2D eigenvalue weighted by Crippen LogP contribution is 2.20. The van der Waals surface area contributed by atoms with E-state index in [0.717, 1.165) is 11.7 Å². The molecule has 0 radical (unpaired) electrons. The van der Waals surface area contributed by atoms with Crippen LogP contribution >= 0.6 is 11.7 Å². The zero-order chi connectivity index (χ0) is 16.5. The fraction of sp³-hybridized carbons (Fsp3) is 0.250. The van der Waals surface area contributed by atoms with Gasteiger partial charge in [0.2, 0.25) is 5.88 Å². The molecule has 1 aromatic carbocycles. The van der Waals surface area contributed by atoms with Crippen molar-refractivity contribution in [2.45, 2.75) is 12.5 Å². The van der Waals surface area contributed by atoms with Crippen molar-refractivity contribution in [2.24, 2.45) is 0 Å². The van der Waals surface area contributed by atoms with Gasteiger partial charge in [-0.1, -0.05) is 12.1 Å². The van der Waals surface area contributed by atoms with Crippen molar-refractivity contribution in [1.82, 2.24) is 13.6 Å². The molecular formula is C16H13N3O4S. The third kappa shape index (κ3) is 2.76. The molecule has 3 heterocycles. The first-order valence-electron chi connectivity index (χ1n) is 7.47. The first kappa shape index (κ1) is 14.8. The normalized spacial score (nSPS) is 17.3. The predicted octanol–water partition coefficient (Wildman–Crippen LogP) is 1.94. The molecule has 1 fully saturated rings. The van der Waals surface area contributed by atoms with Gasteiger partial charge in [-0.3, -0.25) is 9.59 Å². The average molecular weight is 343 g/mol. The van der Waals surface area contributed by atoms with Crippen molar-refractivity contribution < 1.29 is 13.9 Å². The van der Waals surface area contributed by atoms with Gasteiger partial charge in [-0.15, -0.1) is 4.37 Å². The molecule has 0 aliphatic carbocycles. The molecule has 1 saturated heterocycles. The van der Waals surface area contributed by atoms with Gasteiger partial charge in [0, 0.05) is 19.0 Å². The molecule has 7 nitrogen and oxygen atoms in total. The van der Waals surface area contributed by atoms with Crippen LogP contribution in [-0.2, 0) is 0 Å². The minimum Gasteiger partial charge on any atom is -0.471 e. The summed E-state index contributed by atoms with van der Waals surface area (Å²) in [7, 11) is 0. The maximum absolute atomic E-state index is 12.6. The SMILES string of the molecule is O=C(c1cc(=O)c2ccccc2o1)N1CCC(Oc2cnsn2)C1. The lowest BCUT2D eigenvalue weighted by Gasteiger charge is -2.15. The molecule has 4 rings (SSSR count). The largest absolute Gasteiger partial charge is 0.471 e. The third-order valence-corrected chi connectivity index (χ3v) is 4.37. The van der Waals surface area contributed by atoms with Crippen molar-refractivity contribution in [3.05, 3.63) is 52.5 Å². The lowest BCUT2D eigenvalue weighted by molar-refractivity contribution is 0.0740. The Hall–Kier alpha value is -2.74. The van der Waals surface area contributed by atoms with Crippen LogP contribution in [0.5, 0.6) is 5.88 Å². The van der Waals surface area contributed by atoms with Gasteiger partial charge in [-0.25, -0.2) is 0 Å². The van der Waals surface area contributed by atoms with Crippen LogP contribution in [0.25, 0.3) is 11.0 Å².